The molecule has 1 saturated heterocycles. The zero-order valence-electron chi connectivity index (χ0n) is 17.4. The zero-order chi connectivity index (χ0) is 21.6. The summed E-state index contributed by atoms with van der Waals surface area (Å²) in [5.41, 5.74) is 2.42. The molecule has 6 nitrogen and oxygen atoms in total. The van der Waals surface area contributed by atoms with Crippen LogP contribution in [-0.4, -0.2) is 30.2 Å². The van der Waals surface area contributed by atoms with Crippen molar-refractivity contribution in [3.63, 3.8) is 0 Å². The van der Waals surface area contributed by atoms with Crippen LogP contribution in [0.15, 0.2) is 53.1 Å². The number of nitrogens with one attached hydrogen (secondary N) is 1. The Morgan fingerprint density at radius 1 is 1.26 bits per heavy atom. The fourth-order valence-electron chi connectivity index (χ4n) is 3.42. The van der Waals surface area contributed by atoms with Gasteiger partial charge in [-0.15, -0.1) is 0 Å². The van der Waals surface area contributed by atoms with Gasteiger partial charge in [-0.1, -0.05) is 6.07 Å². The lowest BCUT2D eigenvalue weighted by atomic mass is 10.2. The zero-order valence-corrected chi connectivity index (χ0v) is 17.4. The van der Waals surface area contributed by atoms with Gasteiger partial charge in [0.25, 0.3) is 0 Å². The molecule has 1 amide bonds. The number of aromatic nitrogens is 1. The molecule has 0 bridgehead atoms. The number of carbonyl (C=O) groups is 1. The Balaban J connectivity index is 1.33. The molecular formula is C24H25FN2O4. The van der Waals surface area contributed by atoms with Crippen LogP contribution in [0.25, 0.3) is 11.3 Å². The summed E-state index contributed by atoms with van der Waals surface area (Å²) >= 11 is 0. The minimum atomic E-state index is -0.310. The van der Waals surface area contributed by atoms with Crippen LogP contribution in [0.5, 0.6) is 5.75 Å². The highest BCUT2D eigenvalue weighted by Gasteiger charge is 2.17. The van der Waals surface area contributed by atoms with E-state index in [9.17, 15) is 9.18 Å². The van der Waals surface area contributed by atoms with E-state index < -0.39 is 0 Å². The molecule has 2 heterocycles. The van der Waals surface area contributed by atoms with Gasteiger partial charge >= 0.3 is 0 Å². The van der Waals surface area contributed by atoms with Crippen molar-refractivity contribution >= 4 is 11.6 Å². The van der Waals surface area contributed by atoms with Crippen LogP contribution in [0.2, 0.25) is 0 Å². The average Bonchev–Trinajstić information content (AvgIpc) is 3.45. The van der Waals surface area contributed by atoms with Gasteiger partial charge in [-0.25, -0.2) is 9.37 Å². The molecule has 0 aliphatic carbocycles. The minimum absolute atomic E-state index is 0.101. The number of nitrogens with zero attached hydrogens (tertiary/aromatic N) is 1. The first-order chi connectivity index (χ1) is 15.1. The molecule has 1 aromatic heterocycles. The summed E-state index contributed by atoms with van der Waals surface area (Å²) in [6.07, 6.45) is 4.29. The van der Waals surface area contributed by atoms with E-state index in [2.05, 4.69) is 10.3 Å². The highest BCUT2D eigenvalue weighted by atomic mass is 19.1. The van der Waals surface area contributed by atoms with Crippen LogP contribution in [0.4, 0.5) is 10.1 Å². The molecule has 162 valence electrons. The van der Waals surface area contributed by atoms with E-state index >= 15 is 0 Å². The number of aryl methyl sites for hydroxylation is 2. The first-order valence-electron chi connectivity index (χ1n) is 10.4. The summed E-state index contributed by atoms with van der Waals surface area (Å²) in [7, 11) is 0. The van der Waals surface area contributed by atoms with Crippen molar-refractivity contribution in [2.24, 2.45) is 0 Å². The van der Waals surface area contributed by atoms with Crippen molar-refractivity contribution in [2.75, 3.05) is 18.5 Å². The van der Waals surface area contributed by atoms with E-state index in [0.29, 0.717) is 36.1 Å². The molecule has 1 N–H and O–H groups in total. The minimum Gasteiger partial charge on any atom is -0.489 e. The Labute approximate surface area is 180 Å². The lowest BCUT2D eigenvalue weighted by molar-refractivity contribution is -0.116. The second-order valence-corrected chi connectivity index (χ2v) is 7.62. The van der Waals surface area contributed by atoms with Crippen LogP contribution in [0, 0.1) is 12.7 Å². The number of hydrogen-bond donors (Lipinski definition) is 1. The van der Waals surface area contributed by atoms with Crippen molar-refractivity contribution < 1.29 is 23.1 Å². The second-order valence-electron chi connectivity index (χ2n) is 7.62. The molecule has 2 aromatic carbocycles. The van der Waals surface area contributed by atoms with E-state index in [1.165, 1.54) is 12.1 Å². The molecular weight excluding hydrogens is 399 g/mol. The van der Waals surface area contributed by atoms with Crippen molar-refractivity contribution in [1.29, 1.82) is 0 Å². The number of halogens is 1. The number of anilines is 1. The number of rotatable bonds is 8. The molecule has 1 fully saturated rings. The van der Waals surface area contributed by atoms with E-state index in [4.69, 9.17) is 13.9 Å². The molecule has 1 unspecified atom stereocenters. The molecule has 0 radical (unpaired) electrons. The van der Waals surface area contributed by atoms with Crippen LogP contribution in [0.1, 0.15) is 30.7 Å². The van der Waals surface area contributed by atoms with Gasteiger partial charge in [0.05, 0.1) is 18.0 Å². The van der Waals surface area contributed by atoms with Crippen molar-refractivity contribution in [2.45, 2.75) is 38.7 Å². The summed E-state index contributed by atoms with van der Waals surface area (Å²) in [5.74, 6) is 1.16. The maximum atomic E-state index is 13.1. The monoisotopic (exact) mass is 424 g/mol. The number of carbonyl (C=O) groups excluding carboxylic acids is 1. The molecule has 0 spiro atoms. The Kier molecular flexibility index (Phi) is 6.62. The summed E-state index contributed by atoms with van der Waals surface area (Å²) in [5, 5.41) is 2.91. The van der Waals surface area contributed by atoms with Gasteiger partial charge in [0.15, 0.2) is 11.7 Å². The molecule has 31 heavy (non-hydrogen) atoms. The van der Waals surface area contributed by atoms with Crippen LogP contribution >= 0.6 is 0 Å². The summed E-state index contributed by atoms with van der Waals surface area (Å²) in [4.78, 5) is 16.7. The van der Waals surface area contributed by atoms with Crippen LogP contribution in [-0.2, 0) is 16.0 Å². The maximum Gasteiger partial charge on any atom is 0.224 e. The van der Waals surface area contributed by atoms with E-state index in [0.717, 1.165) is 30.6 Å². The SMILES string of the molecule is Cc1ccc(NC(=O)CCc2ncc(-c3ccc(F)cc3)o2)c(OCC2CCCO2)c1. The normalized spacial score (nSPS) is 15.7. The third-order valence-corrected chi connectivity index (χ3v) is 5.11. The topological polar surface area (TPSA) is 73.6 Å². The highest BCUT2D eigenvalue weighted by Crippen LogP contribution is 2.27. The summed E-state index contributed by atoms with van der Waals surface area (Å²) in [6.45, 7) is 3.22. The lowest BCUT2D eigenvalue weighted by Crippen LogP contribution is -2.18. The largest absolute Gasteiger partial charge is 0.489 e. The molecule has 7 heteroatoms. The lowest BCUT2D eigenvalue weighted by Gasteiger charge is -2.16. The van der Waals surface area contributed by atoms with Gasteiger partial charge in [-0.05, 0) is 61.7 Å². The van der Waals surface area contributed by atoms with E-state index in [-0.39, 0.29) is 24.2 Å². The third-order valence-electron chi connectivity index (χ3n) is 5.11. The predicted octanol–water partition coefficient (Wildman–Crippen LogP) is 4.92. The molecule has 1 aliphatic heterocycles. The second kappa shape index (κ2) is 9.75. The Bertz CT molecular complexity index is 1030. The number of hydrogen-bond acceptors (Lipinski definition) is 5. The number of benzene rings is 2. The van der Waals surface area contributed by atoms with Gasteiger partial charge in [0, 0.05) is 25.0 Å². The predicted molar refractivity (Wildman–Crippen MR) is 114 cm³/mol. The maximum absolute atomic E-state index is 13.1. The summed E-state index contributed by atoms with van der Waals surface area (Å²) < 4.78 is 30.3. The summed E-state index contributed by atoms with van der Waals surface area (Å²) in [6, 6.07) is 11.7. The third kappa shape index (κ3) is 5.70. The van der Waals surface area contributed by atoms with Gasteiger partial charge in [-0.2, -0.15) is 0 Å². The number of ether oxygens (including phenoxy) is 2. The number of amides is 1. The Hall–Kier alpha value is -3.19. The molecule has 4 rings (SSSR count). The fraction of sp³-hybridized carbons (Fsp3) is 0.333. The molecule has 1 atom stereocenters. The van der Waals surface area contributed by atoms with Crippen LogP contribution in [0.3, 0.4) is 0 Å². The average molecular weight is 424 g/mol. The number of oxazole rings is 1. The van der Waals surface area contributed by atoms with E-state index in [1.54, 1.807) is 18.3 Å². The van der Waals surface area contributed by atoms with Crippen LogP contribution < -0.4 is 10.1 Å². The van der Waals surface area contributed by atoms with Gasteiger partial charge in [-0.3, -0.25) is 4.79 Å². The van der Waals surface area contributed by atoms with Crippen molar-refractivity contribution in [1.82, 2.24) is 4.98 Å². The Morgan fingerprint density at radius 2 is 2.10 bits per heavy atom. The van der Waals surface area contributed by atoms with Gasteiger partial charge < -0.3 is 19.2 Å². The first-order valence-corrected chi connectivity index (χ1v) is 10.4. The highest BCUT2D eigenvalue weighted by molar-refractivity contribution is 5.92. The van der Waals surface area contributed by atoms with Gasteiger partial charge in [0.2, 0.25) is 5.91 Å². The quantitative estimate of drug-likeness (QED) is 0.556. The van der Waals surface area contributed by atoms with Crippen molar-refractivity contribution in [3.05, 3.63) is 65.9 Å². The van der Waals surface area contributed by atoms with Crippen molar-refractivity contribution in [3.8, 4) is 17.1 Å². The Morgan fingerprint density at radius 3 is 2.87 bits per heavy atom. The molecule has 0 saturated carbocycles. The fourth-order valence-corrected chi connectivity index (χ4v) is 3.42. The van der Waals surface area contributed by atoms with E-state index in [1.807, 2.05) is 25.1 Å². The molecule has 1 aliphatic rings. The smallest absolute Gasteiger partial charge is 0.224 e. The van der Waals surface area contributed by atoms with Gasteiger partial charge in [0.1, 0.15) is 18.2 Å². The standard InChI is InChI=1S/C24H25FN2O4/c1-16-4-9-20(21(13-16)30-15-19-3-2-12-29-19)27-23(28)10-11-24-26-14-22(31-24)17-5-7-18(25)8-6-17/h4-9,13-14,19H,2-3,10-12,15H2,1H3,(H,27,28). The first kappa shape index (κ1) is 21.1. The molecule has 3 aromatic rings.